The van der Waals surface area contributed by atoms with Crippen molar-refractivity contribution in [2.24, 2.45) is 10.4 Å². The zero-order valence-electron chi connectivity index (χ0n) is 65.9. The molecule has 528 valence electrons. The van der Waals surface area contributed by atoms with Crippen LogP contribution in [0.1, 0.15) is 219 Å². The first-order chi connectivity index (χ1) is 45.6. The summed E-state index contributed by atoms with van der Waals surface area (Å²) in [4.78, 5) is 0. The molecular formula is C90H106I4Mg3N6+2. The summed E-state index contributed by atoms with van der Waals surface area (Å²) in [6, 6.07) is 57.9. The molecule has 0 aliphatic carbocycles. The van der Waals surface area contributed by atoms with Gasteiger partial charge in [0, 0.05) is 33.4 Å². The van der Waals surface area contributed by atoms with E-state index in [9.17, 15) is 0 Å². The van der Waals surface area contributed by atoms with Crippen LogP contribution in [0.25, 0.3) is 77.6 Å². The van der Waals surface area contributed by atoms with E-state index in [1.807, 2.05) is 0 Å². The molecule has 0 bridgehead atoms. The van der Waals surface area contributed by atoms with Gasteiger partial charge in [0.15, 0.2) is 0 Å². The fraction of sp³-hybridized carbons (Fsp3) is 0.333. The van der Waals surface area contributed by atoms with Crippen molar-refractivity contribution in [2.75, 3.05) is 0 Å². The third-order valence-corrected chi connectivity index (χ3v) is 19.2. The average molecular weight is 1850 g/mol. The van der Waals surface area contributed by atoms with Crippen LogP contribution in [0.3, 0.4) is 0 Å². The van der Waals surface area contributed by atoms with Gasteiger partial charge < -0.3 is 95.9 Å². The molecule has 103 heavy (non-hydrogen) atoms. The Morgan fingerprint density at radius 2 is 0.544 bits per heavy atom. The minimum Gasteiger partial charge on any atom is -1.00 e. The van der Waals surface area contributed by atoms with Crippen LogP contribution < -0.4 is 106 Å². The smallest absolute Gasteiger partial charge is 1.00 e. The third-order valence-electron chi connectivity index (χ3n) is 19.2. The normalized spacial score (nSPS) is 11.0. The van der Waals surface area contributed by atoms with E-state index in [2.05, 4.69) is 334 Å². The van der Waals surface area contributed by atoms with Crippen molar-refractivity contribution in [2.45, 2.75) is 202 Å². The summed E-state index contributed by atoms with van der Waals surface area (Å²) in [5.74, 6) is 2.42. The maximum atomic E-state index is 5.06. The minimum absolute atomic E-state index is 0. The Kier molecular flexibility index (Phi) is 39.1. The number of aryl methyl sites for hydroxylation is 12. The van der Waals surface area contributed by atoms with Crippen LogP contribution in [-0.2, 0) is 0 Å². The number of rotatable bonds is 18. The van der Waals surface area contributed by atoms with Gasteiger partial charge >= 0.3 is 69.2 Å². The topological polar surface area (TPSA) is 80.9 Å². The van der Waals surface area contributed by atoms with E-state index >= 15 is 0 Å². The zero-order chi connectivity index (χ0) is 69.7. The summed E-state index contributed by atoms with van der Waals surface area (Å²) in [5.41, 5.74) is 51.1. The quantitative estimate of drug-likeness (QED) is 0.0372. The molecule has 13 heteroatoms. The molecule has 0 saturated carbocycles. The largest absolute Gasteiger partial charge is 2.00 e. The molecule has 0 atom stereocenters. The second-order valence-electron chi connectivity index (χ2n) is 29.3. The zero-order valence-corrected chi connectivity index (χ0v) is 78.8. The standard InChI is InChI=1S/2C45H52N3.4HI.3Mg/c2*1-26(2)35-24-39(27(3)4)44(40(25-35)28(5)6)36-16-13-14-19-41(36)46-48-47-45-37(42-31(9)20-29(7)21-32(42)10)17-15-18-38(45)43-33(11)22-30(8)23-34(43)12;;;;;;;/h2*13-28H,1-12H3;4*1H;;;/q2*-1;;;;;3*+2/p-2. The summed E-state index contributed by atoms with van der Waals surface area (Å²) in [6.45, 7) is 53.7. The van der Waals surface area contributed by atoms with Crippen LogP contribution in [0.2, 0.25) is 0 Å². The summed E-state index contributed by atoms with van der Waals surface area (Å²) >= 11 is 0. The van der Waals surface area contributed by atoms with Gasteiger partial charge in [-0.15, -0.1) is 10.9 Å². The molecule has 6 nitrogen and oxygen atoms in total. The molecule has 0 aromatic heterocycles. The fourth-order valence-electron chi connectivity index (χ4n) is 14.9. The van der Waals surface area contributed by atoms with Gasteiger partial charge in [-0.3, -0.25) is 10.2 Å². The van der Waals surface area contributed by atoms with Gasteiger partial charge in [-0.2, -0.15) is 0 Å². The van der Waals surface area contributed by atoms with Gasteiger partial charge in [0.05, 0.1) is 17.1 Å². The van der Waals surface area contributed by atoms with Crippen LogP contribution in [0.15, 0.2) is 168 Å². The molecule has 10 aromatic rings. The van der Waals surface area contributed by atoms with E-state index < -0.39 is 0 Å². The van der Waals surface area contributed by atoms with E-state index in [1.54, 1.807) is 0 Å². The Balaban J connectivity index is 0.000000656. The van der Waals surface area contributed by atoms with Gasteiger partial charge in [-0.1, -0.05) is 261 Å². The van der Waals surface area contributed by atoms with Crippen LogP contribution >= 0.6 is 0 Å². The molecule has 0 fully saturated rings. The van der Waals surface area contributed by atoms with Crippen molar-refractivity contribution >= 4 is 91.9 Å². The summed E-state index contributed by atoms with van der Waals surface area (Å²) in [5, 5.41) is 16.5. The second kappa shape index (κ2) is 42.3. The number of para-hydroxylation sites is 2. The molecule has 0 amide bonds. The second-order valence-corrected chi connectivity index (χ2v) is 29.3. The first kappa shape index (κ1) is 95.3. The van der Waals surface area contributed by atoms with Gasteiger partial charge in [0.2, 0.25) is 0 Å². The number of hydrogen-bond acceptors (Lipinski definition) is 2. The Labute approximate surface area is 736 Å². The van der Waals surface area contributed by atoms with Crippen molar-refractivity contribution < 1.29 is 106 Å². The third kappa shape index (κ3) is 22.2. The van der Waals surface area contributed by atoms with Crippen LogP contribution in [0.4, 0.5) is 22.7 Å². The van der Waals surface area contributed by atoms with Gasteiger partial charge in [-0.25, -0.2) is 0 Å². The van der Waals surface area contributed by atoms with E-state index in [1.165, 1.54) is 134 Å². The summed E-state index contributed by atoms with van der Waals surface area (Å²) < 4.78 is 0. The molecule has 10 rings (SSSR count). The van der Waals surface area contributed by atoms with Gasteiger partial charge in [0.25, 0.3) is 0 Å². The monoisotopic (exact) mass is 1850 g/mol. The molecule has 0 unspecified atom stereocenters. The molecule has 0 saturated heterocycles. The maximum Gasteiger partial charge on any atom is 2.00 e. The molecule has 0 spiro atoms. The van der Waals surface area contributed by atoms with Gasteiger partial charge in [-0.05, 0) is 242 Å². The molecular weight excluding hydrogens is 1750 g/mol. The van der Waals surface area contributed by atoms with Crippen LogP contribution in [0, 0.1) is 83.1 Å². The Morgan fingerprint density at radius 3 is 0.874 bits per heavy atom. The molecule has 0 aliphatic rings. The number of nitrogens with zero attached hydrogens (tertiary/aromatic N) is 4. The Bertz CT molecular complexity index is 4300. The Hall–Kier alpha value is -3.78. The van der Waals surface area contributed by atoms with E-state index in [0.29, 0.717) is 35.5 Å². The predicted octanol–water partition coefficient (Wildman–Crippen LogP) is 12.3. The van der Waals surface area contributed by atoms with Crippen molar-refractivity contribution in [1.82, 2.24) is 0 Å². The number of halogens is 4. The average Bonchev–Trinajstić information content (AvgIpc) is 0.677. The first-order valence-corrected chi connectivity index (χ1v) is 35.0. The predicted molar refractivity (Wildman–Crippen MR) is 429 cm³/mol. The number of nitrogens with one attached hydrogen (secondary N) is 2. The molecule has 0 heterocycles. The van der Waals surface area contributed by atoms with Gasteiger partial charge in [0.1, 0.15) is 5.69 Å². The number of hydrogen-bond donors (Lipinski definition) is 2. The molecule has 0 aliphatic heterocycles. The van der Waals surface area contributed by atoms with Crippen molar-refractivity contribution in [3.05, 3.63) is 269 Å². The maximum absolute atomic E-state index is 5.06. The van der Waals surface area contributed by atoms with Crippen molar-refractivity contribution in [1.29, 1.82) is 0 Å². The number of benzene rings is 10. The van der Waals surface area contributed by atoms with Crippen molar-refractivity contribution in [3.8, 4) is 66.8 Å². The molecule has 2 N–H and O–H groups in total. The molecule has 10 aromatic carbocycles. The first-order valence-electron chi connectivity index (χ1n) is 35.0. The summed E-state index contributed by atoms with van der Waals surface area (Å²) in [6.07, 6.45) is 0. The van der Waals surface area contributed by atoms with E-state index in [4.69, 9.17) is 21.3 Å². The van der Waals surface area contributed by atoms with Crippen LogP contribution in [0.5, 0.6) is 0 Å². The van der Waals surface area contributed by atoms with Crippen LogP contribution in [-0.4, -0.2) is 69.2 Å². The van der Waals surface area contributed by atoms with E-state index in [0.717, 1.165) is 56.1 Å². The van der Waals surface area contributed by atoms with E-state index in [-0.39, 0.29) is 165 Å². The fourth-order valence-corrected chi connectivity index (χ4v) is 14.9. The van der Waals surface area contributed by atoms with Crippen molar-refractivity contribution in [3.63, 3.8) is 0 Å². The summed E-state index contributed by atoms with van der Waals surface area (Å²) in [7, 11) is 0. The SMILES string of the molecule is Cc1cc(C)c(-c2cccc(-c3c(C)cc(C)cc3C)c2[N-]N=[NH+]c2ccccc2-c2c(C(C)C)cc(C(C)C)cc2C(C)C)c(C)c1.Cc1cc(C)c(-c2cccc(-c3c(C)cc(C)cc3C)c2[NH+]=N[N-]c2ccccc2-c2c(C(C)C)cc(C(C)C)cc2C(C)C)c(C)c1.[I-].[I-].[I-].[I-].[Mg+2].[Mg+2].[Mg+2]. The molecule has 0 radical (unpaired) electrons. The Morgan fingerprint density at radius 1 is 0.272 bits per heavy atom. The minimum atomic E-state index is 0.